The summed E-state index contributed by atoms with van der Waals surface area (Å²) in [5, 5.41) is 5.19. The van der Waals surface area contributed by atoms with Crippen LogP contribution in [0.4, 0.5) is 5.13 Å². The summed E-state index contributed by atoms with van der Waals surface area (Å²) >= 11 is 7.08. The molecule has 0 unspecified atom stereocenters. The van der Waals surface area contributed by atoms with Crippen LogP contribution in [0.1, 0.15) is 20.8 Å². The summed E-state index contributed by atoms with van der Waals surface area (Å²) in [5.74, 6) is -0.458. The van der Waals surface area contributed by atoms with Crippen LogP contribution >= 0.6 is 22.9 Å². The molecule has 0 saturated carbocycles. The minimum absolute atomic E-state index is 0.146. The molecule has 2 aromatic rings. The van der Waals surface area contributed by atoms with Crippen molar-refractivity contribution >= 4 is 39.9 Å². The molecule has 1 aliphatic heterocycles. The van der Waals surface area contributed by atoms with Gasteiger partial charge in [0.25, 0.3) is 11.8 Å². The first-order valence-corrected chi connectivity index (χ1v) is 8.29. The van der Waals surface area contributed by atoms with E-state index in [1.165, 1.54) is 11.3 Å². The van der Waals surface area contributed by atoms with E-state index in [1.54, 1.807) is 34.5 Å². The van der Waals surface area contributed by atoms with Gasteiger partial charge in [-0.15, -0.1) is 11.3 Å². The van der Waals surface area contributed by atoms with Crippen LogP contribution in [0.25, 0.3) is 0 Å². The van der Waals surface area contributed by atoms with E-state index in [2.05, 4.69) is 10.3 Å². The summed E-state index contributed by atoms with van der Waals surface area (Å²) in [7, 11) is 0. The average molecular weight is 352 g/mol. The number of thiazole rings is 1. The van der Waals surface area contributed by atoms with Gasteiger partial charge in [-0.2, -0.15) is 0 Å². The number of carbonyl (C=O) groups is 2. The molecule has 23 heavy (non-hydrogen) atoms. The summed E-state index contributed by atoms with van der Waals surface area (Å²) in [6.45, 7) is 2.18. The number of morpholine rings is 1. The maximum Gasteiger partial charge on any atom is 0.273 e. The molecule has 2 amide bonds. The quantitative estimate of drug-likeness (QED) is 0.922. The van der Waals surface area contributed by atoms with Gasteiger partial charge in [-0.1, -0.05) is 17.7 Å². The molecule has 8 heteroatoms. The van der Waals surface area contributed by atoms with Crippen LogP contribution in [0, 0.1) is 0 Å². The summed E-state index contributed by atoms with van der Waals surface area (Å²) in [6, 6.07) is 6.63. The summed E-state index contributed by atoms with van der Waals surface area (Å²) in [4.78, 5) is 30.3. The van der Waals surface area contributed by atoms with E-state index in [0.717, 1.165) is 0 Å². The number of halogens is 1. The Labute approximate surface area is 142 Å². The number of hydrogen-bond acceptors (Lipinski definition) is 5. The molecule has 1 fully saturated rings. The van der Waals surface area contributed by atoms with Crippen LogP contribution in [-0.2, 0) is 4.74 Å². The minimum atomic E-state index is -0.313. The molecule has 120 valence electrons. The Morgan fingerprint density at radius 1 is 1.30 bits per heavy atom. The van der Waals surface area contributed by atoms with Gasteiger partial charge in [-0.25, -0.2) is 4.98 Å². The Bertz CT molecular complexity index is 728. The Hall–Kier alpha value is -1.96. The molecule has 2 heterocycles. The van der Waals surface area contributed by atoms with Crippen molar-refractivity contribution in [2.45, 2.75) is 0 Å². The number of anilines is 1. The second-order valence-electron chi connectivity index (χ2n) is 4.91. The number of amides is 2. The molecule has 0 bridgehead atoms. The third-order valence-corrected chi connectivity index (χ3v) is 4.32. The van der Waals surface area contributed by atoms with E-state index < -0.39 is 0 Å². The van der Waals surface area contributed by atoms with E-state index in [4.69, 9.17) is 16.3 Å². The highest BCUT2D eigenvalue weighted by molar-refractivity contribution is 7.14. The summed E-state index contributed by atoms with van der Waals surface area (Å²) in [5.41, 5.74) is 0.770. The molecule has 1 aromatic carbocycles. The first kappa shape index (κ1) is 15.9. The van der Waals surface area contributed by atoms with Crippen LogP contribution in [0.2, 0.25) is 5.02 Å². The SMILES string of the molecule is O=C(Nc1nc(C(=O)N2CCOCC2)cs1)c1cccc(Cl)c1. The van der Waals surface area contributed by atoms with Gasteiger partial charge in [0.2, 0.25) is 0 Å². The van der Waals surface area contributed by atoms with Gasteiger partial charge >= 0.3 is 0 Å². The van der Waals surface area contributed by atoms with Gasteiger partial charge in [0.1, 0.15) is 5.69 Å². The fraction of sp³-hybridized carbons (Fsp3) is 0.267. The molecule has 3 rings (SSSR count). The van der Waals surface area contributed by atoms with Crippen LogP contribution in [-0.4, -0.2) is 48.0 Å². The molecule has 0 aliphatic carbocycles. The molecule has 1 saturated heterocycles. The fourth-order valence-corrected chi connectivity index (χ4v) is 3.03. The molecule has 0 atom stereocenters. The molecule has 1 N–H and O–H groups in total. The molecule has 0 radical (unpaired) electrons. The van der Waals surface area contributed by atoms with Crippen molar-refractivity contribution in [2.75, 3.05) is 31.6 Å². The smallest absolute Gasteiger partial charge is 0.273 e. The molecule has 1 aliphatic rings. The predicted molar refractivity (Wildman–Crippen MR) is 88.2 cm³/mol. The Morgan fingerprint density at radius 2 is 2.09 bits per heavy atom. The Kier molecular flexibility index (Phi) is 4.90. The average Bonchev–Trinajstić information content (AvgIpc) is 3.03. The number of benzene rings is 1. The number of nitrogens with zero attached hydrogens (tertiary/aromatic N) is 2. The van der Waals surface area contributed by atoms with Crippen molar-refractivity contribution in [2.24, 2.45) is 0 Å². The number of rotatable bonds is 3. The van der Waals surface area contributed by atoms with Crippen LogP contribution in [0.3, 0.4) is 0 Å². The standard InChI is InChI=1S/C15H14ClN3O3S/c16-11-3-1-2-10(8-11)13(20)18-15-17-12(9-23-15)14(21)19-4-6-22-7-5-19/h1-3,8-9H,4-7H2,(H,17,18,20). The minimum Gasteiger partial charge on any atom is -0.378 e. The number of aromatic nitrogens is 1. The van der Waals surface area contributed by atoms with Crippen LogP contribution < -0.4 is 5.32 Å². The molecule has 6 nitrogen and oxygen atoms in total. The molecule has 1 aromatic heterocycles. The zero-order chi connectivity index (χ0) is 16.2. The van der Waals surface area contributed by atoms with Crippen LogP contribution in [0.15, 0.2) is 29.6 Å². The Balaban J connectivity index is 1.67. The molecular weight excluding hydrogens is 338 g/mol. The summed E-state index contributed by atoms with van der Waals surface area (Å²) in [6.07, 6.45) is 0. The van der Waals surface area contributed by atoms with Gasteiger partial charge in [-0.05, 0) is 18.2 Å². The highest BCUT2D eigenvalue weighted by atomic mass is 35.5. The first-order valence-electron chi connectivity index (χ1n) is 7.03. The second kappa shape index (κ2) is 7.08. The topological polar surface area (TPSA) is 71.5 Å². The van der Waals surface area contributed by atoms with E-state index in [0.29, 0.717) is 47.7 Å². The van der Waals surface area contributed by atoms with Gasteiger partial charge in [0.15, 0.2) is 5.13 Å². The van der Waals surface area contributed by atoms with Crippen molar-refractivity contribution in [1.82, 2.24) is 9.88 Å². The lowest BCUT2D eigenvalue weighted by Crippen LogP contribution is -2.40. The largest absolute Gasteiger partial charge is 0.378 e. The lowest BCUT2D eigenvalue weighted by molar-refractivity contribution is 0.0299. The van der Waals surface area contributed by atoms with Crippen molar-refractivity contribution < 1.29 is 14.3 Å². The van der Waals surface area contributed by atoms with Crippen molar-refractivity contribution in [3.63, 3.8) is 0 Å². The maximum atomic E-state index is 12.3. The monoisotopic (exact) mass is 351 g/mol. The van der Waals surface area contributed by atoms with E-state index in [1.807, 2.05) is 0 Å². The lowest BCUT2D eigenvalue weighted by Gasteiger charge is -2.25. The second-order valence-corrected chi connectivity index (χ2v) is 6.20. The van der Waals surface area contributed by atoms with Crippen molar-refractivity contribution in [3.05, 3.63) is 45.9 Å². The van der Waals surface area contributed by atoms with E-state index in [-0.39, 0.29) is 11.8 Å². The van der Waals surface area contributed by atoms with Gasteiger partial charge in [0.05, 0.1) is 13.2 Å². The highest BCUT2D eigenvalue weighted by Crippen LogP contribution is 2.19. The molecular formula is C15H14ClN3O3S. The van der Waals surface area contributed by atoms with Crippen molar-refractivity contribution in [1.29, 1.82) is 0 Å². The predicted octanol–water partition coefficient (Wildman–Crippen LogP) is 2.52. The number of carbonyl (C=O) groups excluding carboxylic acids is 2. The third kappa shape index (κ3) is 3.87. The van der Waals surface area contributed by atoms with E-state index >= 15 is 0 Å². The summed E-state index contributed by atoms with van der Waals surface area (Å²) < 4.78 is 5.22. The zero-order valence-corrected chi connectivity index (χ0v) is 13.7. The fourth-order valence-electron chi connectivity index (χ4n) is 2.16. The number of ether oxygens (including phenoxy) is 1. The van der Waals surface area contributed by atoms with Gasteiger partial charge in [0, 0.05) is 29.1 Å². The van der Waals surface area contributed by atoms with Crippen molar-refractivity contribution in [3.8, 4) is 0 Å². The zero-order valence-electron chi connectivity index (χ0n) is 12.1. The van der Waals surface area contributed by atoms with Crippen LogP contribution in [0.5, 0.6) is 0 Å². The number of hydrogen-bond donors (Lipinski definition) is 1. The molecule has 0 spiro atoms. The van der Waals surface area contributed by atoms with Gasteiger partial charge < -0.3 is 9.64 Å². The number of nitrogens with one attached hydrogen (secondary N) is 1. The Morgan fingerprint density at radius 3 is 2.83 bits per heavy atom. The van der Waals surface area contributed by atoms with E-state index in [9.17, 15) is 9.59 Å². The normalized spacial score (nSPS) is 14.6. The lowest BCUT2D eigenvalue weighted by atomic mass is 10.2. The third-order valence-electron chi connectivity index (χ3n) is 3.33. The maximum absolute atomic E-state index is 12.3. The first-order chi connectivity index (χ1) is 11.1. The highest BCUT2D eigenvalue weighted by Gasteiger charge is 2.21. The van der Waals surface area contributed by atoms with Gasteiger partial charge in [-0.3, -0.25) is 14.9 Å².